The summed E-state index contributed by atoms with van der Waals surface area (Å²) in [5, 5.41) is 29.2. The molecule has 6 rings (SSSR count). The van der Waals surface area contributed by atoms with Crippen LogP contribution in [0.25, 0.3) is 0 Å². The lowest BCUT2D eigenvalue weighted by Gasteiger charge is -2.49. The van der Waals surface area contributed by atoms with E-state index < -0.39 is 47.4 Å². The van der Waals surface area contributed by atoms with Crippen LogP contribution in [0.15, 0.2) is 28.2 Å². The van der Waals surface area contributed by atoms with Crippen molar-refractivity contribution in [2.45, 2.75) is 75.1 Å². The van der Waals surface area contributed by atoms with Gasteiger partial charge in [-0.2, -0.15) is 0 Å². The second-order valence-corrected chi connectivity index (χ2v) is 12.4. The third-order valence-corrected chi connectivity index (χ3v) is 9.15. The monoisotopic (exact) mass is 583 g/mol. The summed E-state index contributed by atoms with van der Waals surface area (Å²) in [6.45, 7) is 7.80. The van der Waals surface area contributed by atoms with E-state index in [4.69, 9.17) is 16.2 Å². The fourth-order valence-corrected chi connectivity index (χ4v) is 6.75. The number of nitrogens with zero attached hydrogens (tertiary/aromatic N) is 5. The largest absolute Gasteiger partial charge is 0.492 e. The highest BCUT2D eigenvalue weighted by molar-refractivity contribution is 6.02. The highest BCUT2D eigenvalue weighted by Gasteiger charge is 2.73. The van der Waals surface area contributed by atoms with E-state index in [0.717, 1.165) is 16.9 Å². The average molecular weight is 584 g/mol. The van der Waals surface area contributed by atoms with Crippen LogP contribution in [0, 0.1) is 0 Å². The normalized spacial score (nSPS) is 30.7. The molecule has 0 radical (unpaired) electrons. The van der Waals surface area contributed by atoms with Gasteiger partial charge in [-0.3, -0.25) is 14.5 Å². The number of hydrogen-bond acceptors (Lipinski definition) is 12. The summed E-state index contributed by atoms with van der Waals surface area (Å²) in [6.07, 6.45) is 0.792. The first-order valence-electron chi connectivity index (χ1n) is 14.0. The van der Waals surface area contributed by atoms with E-state index in [1.54, 1.807) is 26.0 Å². The Hall–Kier alpha value is -4.11. The number of carbonyl (C=O) groups is 3. The maximum Gasteiger partial charge on any atom is 0.327 e. The van der Waals surface area contributed by atoms with Gasteiger partial charge in [0.15, 0.2) is 17.6 Å². The van der Waals surface area contributed by atoms with Gasteiger partial charge in [-0.15, -0.1) is 0 Å². The Bertz CT molecular complexity index is 1420. The number of imide groups is 1. The lowest BCUT2D eigenvalue weighted by atomic mass is 9.79. The van der Waals surface area contributed by atoms with Crippen LogP contribution in [-0.2, 0) is 10.2 Å². The average Bonchev–Trinajstić information content (AvgIpc) is 3.49. The van der Waals surface area contributed by atoms with Gasteiger partial charge >= 0.3 is 6.03 Å². The minimum absolute atomic E-state index is 0.0733. The molecule has 2 unspecified atom stereocenters. The van der Waals surface area contributed by atoms with E-state index in [2.05, 4.69) is 34.5 Å². The molecule has 2 fully saturated rings. The van der Waals surface area contributed by atoms with Crippen molar-refractivity contribution in [2.24, 2.45) is 21.5 Å². The molecule has 0 aromatic heterocycles. The van der Waals surface area contributed by atoms with E-state index in [9.17, 15) is 24.6 Å². The van der Waals surface area contributed by atoms with Crippen molar-refractivity contribution < 1.29 is 29.3 Å². The van der Waals surface area contributed by atoms with Crippen LogP contribution in [0.5, 0.6) is 5.75 Å². The van der Waals surface area contributed by atoms with Crippen LogP contribution in [0.2, 0.25) is 0 Å². The molecule has 4 atom stereocenters. The molecule has 5 heterocycles. The number of nitrogens with two attached hydrogens (primary N) is 2. The first-order valence-corrected chi connectivity index (χ1v) is 14.0. The zero-order valence-electron chi connectivity index (χ0n) is 24.0. The summed E-state index contributed by atoms with van der Waals surface area (Å²) in [4.78, 5) is 52.2. The number of benzene rings is 1. The Balaban J connectivity index is 1.30. The van der Waals surface area contributed by atoms with Crippen molar-refractivity contribution in [1.29, 1.82) is 0 Å². The summed E-state index contributed by atoms with van der Waals surface area (Å²) in [6, 6.07) is 1.37. The minimum Gasteiger partial charge on any atom is -0.492 e. The third kappa shape index (κ3) is 3.82. The molecule has 226 valence electrons. The number of carbonyl (C=O) groups excluding carboxylic acids is 3. The van der Waals surface area contributed by atoms with E-state index in [1.165, 1.54) is 9.80 Å². The third-order valence-electron chi connectivity index (χ3n) is 9.15. The van der Waals surface area contributed by atoms with Gasteiger partial charge in [0.1, 0.15) is 24.4 Å². The Morgan fingerprint density at radius 1 is 1.24 bits per heavy atom. The second kappa shape index (κ2) is 9.19. The van der Waals surface area contributed by atoms with Crippen molar-refractivity contribution >= 4 is 29.8 Å². The summed E-state index contributed by atoms with van der Waals surface area (Å²) < 4.78 is 5.89. The topological polar surface area (TPSA) is 211 Å². The van der Waals surface area contributed by atoms with Crippen LogP contribution in [0.4, 0.5) is 4.79 Å². The number of nitrogens with one attached hydrogen (secondary N) is 2. The van der Waals surface area contributed by atoms with Gasteiger partial charge < -0.3 is 46.9 Å². The molecule has 5 aliphatic heterocycles. The van der Waals surface area contributed by atoms with E-state index in [0.29, 0.717) is 12.4 Å². The highest BCUT2D eigenvalue weighted by Crippen LogP contribution is 2.45. The number of para-hydroxylation sites is 1. The molecule has 15 nitrogen and oxygen atoms in total. The van der Waals surface area contributed by atoms with Gasteiger partial charge in [0, 0.05) is 18.2 Å². The van der Waals surface area contributed by atoms with Gasteiger partial charge in [0.2, 0.25) is 11.7 Å². The summed E-state index contributed by atoms with van der Waals surface area (Å²) in [5.74, 6) is -3.36. The lowest BCUT2D eigenvalue weighted by Crippen LogP contribution is -2.78. The number of rotatable bonds is 5. The second-order valence-electron chi connectivity index (χ2n) is 12.4. The van der Waals surface area contributed by atoms with Crippen molar-refractivity contribution in [2.75, 3.05) is 26.2 Å². The standard InChI is InChI=1S/C27H37N9O6/c1-13(2)34-12-18(37)35(24(34)39)10-16-20-26(33-22(28)32-20)27(40,41)17(11-36(26)23(29)30-16)31-21(38)14-6-5-7-15-19(14)42-9-8-25(15,3)4/h5-7,13,16-17,20,40-41H,8-12H2,1-4H3,(H2,29,30)(H,31,38)(H3,28,32,33)/t16-,17?,20-,26?/m0/s1. The maximum atomic E-state index is 13.6. The molecule has 4 amide bonds. The molecule has 0 bridgehead atoms. The molecule has 0 aliphatic carbocycles. The molecule has 15 heteroatoms. The molecule has 2 saturated heterocycles. The van der Waals surface area contributed by atoms with Gasteiger partial charge in [0.05, 0.1) is 24.8 Å². The molecule has 1 aromatic carbocycles. The first kappa shape index (κ1) is 28.0. The Morgan fingerprint density at radius 3 is 2.67 bits per heavy atom. The van der Waals surface area contributed by atoms with Crippen LogP contribution in [-0.4, -0.2) is 117 Å². The van der Waals surface area contributed by atoms with Gasteiger partial charge in [-0.05, 0) is 31.7 Å². The van der Waals surface area contributed by atoms with Crippen molar-refractivity contribution in [3.63, 3.8) is 0 Å². The molecule has 42 heavy (non-hydrogen) atoms. The van der Waals surface area contributed by atoms with Crippen LogP contribution < -0.4 is 26.8 Å². The molecule has 8 N–H and O–H groups in total. The van der Waals surface area contributed by atoms with Crippen LogP contribution >= 0.6 is 0 Å². The van der Waals surface area contributed by atoms with E-state index in [-0.39, 0.29) is 48.6 Å². The number of guanidine groups is 2. The Labute approximate surface area is 242 Å². The molecule has 1 aromatic rings. The minimum atomic E-state index is -2.67. The van der Waals surface area contributed by atoms with Crippen LogP contribution in [0.3, 0.4) is 0 Å². The van der Waals surface area contributed by atoms with Crippen LogP contribution in [0.1, 0.15) is 50.0 Å². The zero-order chi connectivity index (χ0) is 30.4. The summed E-state index contributed by atoms with van der Waals surface area (Å²) in [5.41, 5.74) is 11.6. The number of aliphatic imine (C=N–C) groups is 2. The molecule has 5 aliphatic rings. The quantitative estimate of drug-likeness (QED) is 0.169. The number of ether oxygens (including phenoxy) is 1. The van der Waals surface area contributed by atoms with E-state index >= 15 is 0 Å². The predicted molar refractivity (Wildman–Crippen MR) is 150 cm³/mol. The molecule has 1 spiro atoms. The van der Waals surface area contributed by atoms with Gasteiger partial charge in [-0.1, -0.05) is 26.0 Å². The van der Waals surface area contributed by atoms with Gasteiger partial charge in [0.25, 0.3) is 5.91 Å². The lowest BCUT2D eigenvalue weighted by molar-refractivity contribution is -0.230. The highest BCUT2D eigenvalue weighted by atomic mass is 16.5. The SMILES string of the molecule is CC(C)N1CC(=O)N(C[C@@H]2N=C(N)N3CC(NC(=O)c4cccc5c4OCCC5(C)C)C(O)(O)C34NC(N)=N[C@@H]24)C1=O. The maximum absolute atomic E-state index is 13.6. The zero-order valence-corrected chi connectivity index (χ0v) is 24.0. The van der Waals surface area contributed by atoms with Gasteiger partial charge in [-0.25, -0.2) is 14.8 Å². The Morgan fingerprint density at radius 2 is 1.98 bits per heavy atom. The van der Waals surface area contributed by atoms with Crippen molar-refractivity contribution in [1.82, 2.24) is 25.3 Å². The molecular formula is C27H37N9O6. The summed E-state index contributed by atoms with van der Waals surface area (Å²) in [7, 11) is 0. The van der Waals surface area contributed by atoms with E-state index in [1.807, 2.05) is 6.07 Å². The molecule has 0 saturated carbocycles. The number of amides is 4. The molecular weight excluding hydrogens is 546 g/mol. The number of fused-ring (bicyclic) bond motifs is 1. The van der Waals surface area contributed by atoms with Crippen molar-refractivity contribution in [3.05, 3.63) is 29.3 Å². The fourth-order valence-electron chi connectivity index (χ4n) is 6.75. The smallest absolute Gasteiger partial charge is 0.327 e. The fraction of sp³-hybridized carbons (Fsp3) is 0.593. The number of hydrogen-bond donors (Lipinski definition) is 6. The first-order chi connectivity index (χ1) is 19.7. The Kier molecular flexibility index (Phi) is 6.14. The number of urea groups is 1. The predicted octanol–water partition coefficient (Wildman–Crippen LogP) is -1.81. The number of aliphatic hydroxyl groups is 2. The van der Waals surface area contributed by atoms with Crippen molar-refractivity contribution in [3.8, 4) is 5.75 Å². The summed E-state index contributed by atoms with van der Waals surface area (Å²) >= 11 is 0.